The van der Waals surface area contributed by atoms with Crippen LogP contribution in [0.3, 0.4) is 0 Å². The van der Waals surface area contributed by atoms with Crippen LogP contribution < -0.4 is 10.2 Å². The highest BCUT2D eigenvalue weighted by atomic mass is 32.1. The summed E-state index contributed by atoms with van der Waals surface area (Å²) in [5.41, 5.74) is 1.22. The fourth-order valence-electron chi connectivity index (χ4n) is 1.76. The van der Waals surface area contributed by atoms with Gasteiger partial charge in [-0.15, -0.1) is 11.3 Å². The van der Waals surface area contributed by atoms with E-state index in [-0.39, 0.29) is 5.54 Å². The monoisotopic (exact) mass is 315 g/mol. The molecule has 1 N–H and O–H groups in total. The molecule has 1 heterocycles. The summed E-state index contributed by atoms with van der Waals surface area (Å²) in [6.45, 7) is 12.5. The van der Waals surface area contributed by atoms with Crippen molar-refractivity contribution >= 4 is 16.5 Å². The molecule has 0 radical (unpaired) electrons. The minimum absolute atomic E-state index is 0.113. The number of thiazole rings is 1. The van der Waals surface area contributed by atoms with Crippen molar-refractivity contribution in [3.63, 3.8) is 0 Å². The summed E-state index contributed by atoms with van der Waals surface area (Å²) < 4.78 is 10.4. The molecule has 0 aliphatic heterocycles. The van der Waals surface area contributed by atoms with E-state index in [9.17, 15) is 0 Å². The third-order valence-corrected chi connectivity index (χ3v) is 4.28. The van der Waals surface area contributed by atoms with E-state index in [1.54, 1.807) is 25.6 Å². The van der Waals surface area contributed by atoms with Gasteiger partial charge in [-0.05, 0) is 27.7 Å². The van der Waals surface area contributed by atoms with Gasteiger partial charge in [0.1, 0.15) is 0 Å². The molecule has 0 saturated heterocycles. The Labute approximate surface area is 132 Å². The maximum Gasteiger partial charge on any atom is 0.185 e. The predicted octanol–water partition coefficient (Wildman–Crippen LogP) is 2.44. The summed E-state index contributed by atoms with van der Waals surface area (Å²) in [6.07, 6.45) is 0. The van der Waals surface area contributed by atoms with Gasteiger partial charge in [0, 0.05) is 44.3 Å². The average Bonchev–Trinajstić information content (AvgIpc) is 2.77. The smallest absolute Gasteiger partial charge is 0.185 e. The largest absolute Gasteiger partial charge is 0.383 e. The van der Waals surface area contributed by atoms with Gasteiger partial charge >= 0.3 is 0 Å². The molecule has 122 valence electrons. The second-order valence-electron chi connectivity index (χ2n) is 6.08. The number of aromatic nitrogens is 1. The highest BCUT2D eigenvalue weighted by Crippen LogP contribution is 2.26. The van der Waals surface area contributed by atoms with Crippen LogP contribution in [-0.4, -0.2) is 51.0 Å². The maximum atomic E-state index is 5.19. The number of hydrogen-bond acceptors (Lipinski definition) is 6. The molecule has 0 aliphatic carbocycles. The Hall–Kier alpha value is -0.690. The molecule has 21 heavy (non-hydrogen) atoms. The van der Waals surface area contributed by atoms with E-state index in [0.29, 0.717) is 13.2 Å². The summed E-state index contributed by atoms with van der Waals surface area (Å²) >= 11 is 1.75. The lowest BCUT2D eigenvalue weighted by Gasteiger charge is -2.21. The molecular formula is C15H29N3O2S. The third kappa shape index (κ3) is 6.74. The van der Waals surface area contributed by atoms with Crippen molar-refractivity contribution in [2.24, 2.45) is 0 Å². The van der Waals surface area contributed by atoms with Crippen LogP contribution in [-0.2, 0) is 16.0 Å². The highest BCUT2D eigenvalue weighted by Gasteiger charge is 2.16. The van der Waals surface area contributed by atoms with Crippen LogP contribution in [0.4, 0.5) is 5.13 Å². The standard InChI is InChI=1S/C15H29N3O2S/c1-12-13(11-16-15(2,3)4)21-14(17-12)18(7-9-19-5)8-10-20-6/h16H,7-11H2,1-6H3. The topological polar surface area (TPSA) is 46.6 Å². The van der Waals surface area contributed by atoms with Crippen LogP contribution in [0.25, 0.3) is 0 Å². The molecule has 0 atom stereocenters. The molecule has 1 aromatic rings. The van der Waals surface area contributed by atoms with Crippen molar-refractivity contribution in [2.75, 3.05) is 45.4 Å². The normalized spacial score (nSPS) is 11.9. The summed E-state index contributed by atoms with van der Waals surface area (Å²) in [4.78, 5) is 8.23. The molecule has 1 rings (SSSR count). The van der Waals surface area contributed by atoms with Gasteiger partial charge in [0.05, 0.1) is 18.9 Å². The number of ether oxygens (including phenoxy) is 2. The minimum atomic E-state index is 0.113. The molecule has 0 aliphatic rings. The molecule has 5 nitrogen and oxygen atoms in total. The molecule has 0 unspecified atom stereocenters. The number of methoxy groups -OCH3 is 2. The van der Waals surface area contributed by atoms with Crippen LogP contribution in [0.2, 0.25) is 0 Å². The number of anilines is 1. The summed E-state index contributed by atoms with van der Waals surface area (Å²) in [5.74, 6) is 0. The minimum Gasteiger partial charge on any atom is -0.383 e. The number of rotatable bonds is 9. The third-order valence-electron chi connectivity index (χ3n) is 3.06. The van der Waals surface area contributed by atoms with Gasteiger partial charge in [-0.3, -0.25) is 0 Å². The molecule has 6 heteroatoms. The van der Waals surface area contributed by atoms with Crippen molar-refractivity contribution in [2.45, 2.75) is 39.8 Å². The first kappa shape index (κ1) is 18.4. The van der Waals surface area contributed by atoms with E-state index < -0.39 is 0 Å². The second-order valence-corrected chi connectivity index (χ2v) is 7.14. The molecular weight excluding hydrogens is 286 g/mol. The quantitative estimate of drug-likeness (QED) is 0.758. The summed E-state index contributed by atoms with van der Waals surface area (Å²) in [5, 5.41) is 4.57. The molecule has 0 bridgehead atoms. The Morgan fingerprint density at radius 1 is 1.14 bits per heavy atom. The lowest BCUT2D eigenvalue weighted by Crippen LogP contribution is -2.34. The van der Waals surface area contributed by atoms with Crippen molar-refractivity contribution in [1.82, 2.24) is 10.3 Å². The van der Waals surface area contributed by atoms with Crippen LogP contribution in [0.1, 0.15) is 31.3 Å². The van der Waals surface area contributed by atoms with Gasteiger partial charge < -0.3 is 19.7 Å². The zero-order chi connectivity index (χ0) is 15.9. The Kier molecular flexibility index (Phi) is 7.59. The predicted molar refractivity (Wildman–Crippen MR) is 89.4 cm³/mol. The highest BCUT2D eigenvalue weighted by molar-refractivity contribution is 7.15. The Bertz CT molecular complexity index is 408. The zero-order valence-electron chi connectivity index (χ0n) is 14.2. The Morgan fingerprint density at radius 2 is 1.71 bits per heavy atom. The van der Waals surface area contributed by atoms with Crippen molar-refractivity contribution in [3.05, 3.63) is 10.6 Å². The van der Waals surface area contributed by atoms with E-state index >= 15 is 0 Å². The first-order valence-electron chi connectivity index (χ1n) is 7.31. The molecule has 0 fully saturated rings. The molecule has 0 saturated carbocycles. The van der Waals surface area contributed by atoms with Gasteiger partial charge in [0.25, 0.3) is 0 Å². The molecule has 0 amide bonds. The van der Waals surface area contributed by atoms with Crippen molar-refractivity contribution < 1.29 is 9.47 Å². The fraction of sp³-hybridized carbons (Fsp3) is 0.800. The van der Waals surface area contributed by atoms with Gasteiger partial charge in [-0.25, -0.2) is 4.98 Å². The van der Waals surface area contributed by atoms with Gasteiger partial charge in [0.15, 0.2) is 5.13 Å². The van der Waals surface area contributed by atoms with E-state index in [1.165, 1.54) is 4.88 Å². The number of nitrogens with one attached hydrogen (secondary N) is 1. The van der Waals surface area contributed by atoms with E-state index in [0.717, 1.165) is 30.5 Å². The van der Waals surface area contributed by atoms with E-state index in [2.05, 4.69) is 37.9 Å². The Balaban J connectivity index is 2.74. The first-order chi connectivity index (χ1) is 9.87. The van der Waals surface area contributed by atoms with E-state index in [1.807, 2.05) is 0 Å². The summed E-state index contributed by atoms with van der Waals surface area (Å²) in [6, 6.07) is 0. The first-order valence-corrected chi connectivity index (χ1v) is 8.13. The molecule has 1 aromatic heterocycles. The van der Waals surface area contributed by atoms with Gasteiger partial charge in [0.2, 0.25) is 0 Å². The fourth-order valence-corrected chi connectivity index (χ4v) is 2.82. The maximum absolute atomic E-state index is 5.19. The van der Waals surface area contributed by atoms with Crippen molar-refractivity contribution in [3.8, 4) is 0 Å². The number of nitrogens with zero attached hydrogens (tertiary/aromatic N) is 2. The van der Waals surface area contributed by atoms with Gasteiger partial charge in [-0.2, -0.15) is 0 Å². The number of aryl methyl sites for hydroxylation is 1. The molecule has 0 aromatic carbocycles. The lowest BCUT2D eigenvalue weighted by molar-refractivity contribution is 0.190. The Morgan fingerprint density at radius 3 is 2.19 bits per heavy atom. The average molecular weight is 315 g/mol. The van der Waals surface area contributed by atoms with Crippen LogP contribution in [0, 0.1) is 6.92 Å². The lowest BCUT2D eigenvalue weighted by atomic mass is 10.1. The van der Waals surface area contributed by atoms with Crippen molar-refractivity contribution in [1.29, 1.82) is 0 Å². The number of hydrogen-bond donors (Lipinski definition) is 1. The summed E-state index contributed by atoms with van der Waals surface area (Å²) in [7, 11) is 3.45. The van der Waals surface area contributed by atoms with Crippen LogP contribution in [0.5, 0.6) is 0 Å². The van der Waals surface area contributed by atoms with Gasteiger partial charge in [-0.1, -0.05) is 0 Å². The SMILES string of the molecule is COCCN(CCOC)c1nc(C)c(CNC(C)(C)C)s1. The molecule has 0 spiro atoms. The van der Waals surface area contributed by atoms with Crippen LogP contribution >= 0.6 is 11.3 Å². The van der Waals surface area contributed by atoms with E-state index in [4.69, 9.17) is 14.5 Å². The second kappa shape index (κ2) is 8.68. The van der Waals surface area contributed by atoms with Crippen LogP contribution in [0.15, 0.2) is 0 Å². The zero-order valence-corrected chi connectivity index (χ0v) is 15.0.